The summed E-state index contributed by atoms with van der Waals surface area (Å²) in [5, 5.41) is 8.75. The molecule has 2 aromatic rings. The first-order valence-corrected chi connectivity index (χ1v) is 6.57. The van der Waals surface area contributed by atoms with E-state index in [2.05, 4.69) is 0 Å². The molecular formula is C14H12N2OS. The Bertz CT molecular complexity index is 588. The number of nitrogens with two attached hydrogens (primary N) is 1. The maximum absolute atomic E-state index is 8.75. The molecule has 0 amide bonds. The minimum absolute atomic E-state index is 0.461. The van der Waals surface area contributed by atoms with Gasteiger partial charge in [0.25, 0.3) is 0 Å². The Morgan fingerprint density at radius 3 is 2.44 bits per heavy atom. The van der Waals surface area contributed by atoms with Crippen LogP contribution in [0.15, 0.2) is 47.4 Å². The van der Waals surface area contributed by atoms with Crippen LogP contribution in [0.25, 0.3) is 0 Å². The van der Waals surface area contributed by atoms with E-state index in [1.807, 2.05) is 36.6 Å². The Morgan fingerprint density at radius 1 is 1.17 bits per heavy atom. The summed E-state index contributed by atoms with van der Waals surface area (Å²) >= 11 is 1.68. The Kier molecular flexibility index (Phi) is 3.75. The number of hydrogen-bond acceptors (Lipinski definition) is 4. The van der Waals surface area contributed by atoms with E-state index in [-0.39, 0.29) is 0 Å². The number of benzene rings is 2. The standard InChI is InChI=1S/C14H12N2OS/c1-18-12-5-3-11(4-6-12)17-14-7-2-10(9-15)8-13(14)16/h2-8H,16H2,1H3. The van der Waals surface area contributed by atoms with E-state index in [0.29, 0.717) is 17.0 Å². The van der Waals surface area contributed by atoms with Crippen molar-refractivity contribution < 1.29 is 4.74 Å². The minimum Gasteiger partial charge on any atom is -0.455 e. The van der Waals surface area contributed by atoms with Crippen LogP contribution in [-0.4, -0.2) is 6.26 Å². The second kappa shape index (κ2) is 5.48. The number of ether oxygens (including phenoxy) is 1. The number of anilines is 1. The normalized spacial score (nSPS) is 9.78. The van der Waals surface area contributed by atoms with Crippen molar-refractivity contribution in [1.29, 1.82) is 5.26 Å². The molecule has 2 rings (SSSR count). The van der Waals surface area contributed by atoms with Gasteiger partial charge in [0, 0.05) is 4.90 Å². The van der Waals surface area contributed by atoms with Gasteiger partial charge in [-0.2, -0.15) is 5.26 Å². The number of nitrogen functional groups attached to an aromatic ring is 1. The highest BCUT2D eigenvalue weighted by molar-refractivity contribution is 7.98. The molecule has 4 heteroatoms. The first kappa shape index (κ1) is 12.3. The van der Waals surface area contributed by atoms with Gasteiger partial charge in [-0.25, -0.2) is 0 Å². The zero-order chi connectivity index (χ0) is 13.0. The zero-order valence-corrected chi connectivity index (χ0v) is 10.7. The van der Waals surface area contributed by atoms with Crippen LogP contribution in [0.3, 0.4) is 0 Å². The van der Waals surface area contributed by atoms with E-state index in [1.54, 1.807) is 30.0 Å². The summed E-state index contributed by atoms with van der Waals surface area (Å²) in [7, 11) is 0. The third-order valence-corrected chi connectivity index (χ3v) is 3.17. The maximum Gasteiger partial charge on any atom is 0.150 e. The lowest BCUT2D eigenvalue weighted by molar-refractivity contribution is 0.484. The largest absolute Gasteiger partial charge is 0.455 e. The molecule has 0 aliphatic heterocycles. The van der Waals surface area contributed by atoms with E-state index >= 15 is 0 Å². The van der Waals surface area contributed by atoms with Gasteiger partial charge in [0.05, 0.1) is 17.3 Å². The Balaban J connectivity index is 2.20. The number of hydrogen-bond donors (Lipinski definition) is 1. The van der Waals surface area contributed by atoms with E-state index in [9.17, 15) is 0 Å². The molecule has 18 heavy (non-hydrogen) atoms. The molecule has 0 unspecified atom stereocenters. The highest BCUT2D eigenvalue weighted by Gasteiger charge is 2.03. The maximum atomic E-state index is 8.75. The smallest absolute Gasteiger partial charge is 0.150 e. The average molecular weight is 256 g/mol. The van der Waals surface area contributed by atoms with Crippen LogP contribution in [0, 0.1) is 11.3 Å². The number of thioether (sulfide) groups is 1. The van der Waals surface area contributed by atoms with E-state index < -0.39 is 0 Å². The first-order chi connectivity index (χ1) is 8.72. The van der Waals surface area contributed by atoms with Gasteiger partial charge in [-0.15, -0.1) is 11.8 Å². The van der Waals surface area contributed by atoms with Gasteiger partial charge < -0.3 is 10.5 Å². The highest BCUT2D eigenvalue weighted by atomic mass is 32.2. The van der Waals surface area contributed by atoms with Crippen LogP contribution < -0.4 is 10.5 Å². The van der Waals surface area contributed by atoms with Gasteiger partial charge in [-0.05, 0) is 48.7 Å². The molecule has 0 atom stereocenters. The highest BCUT2D eigenvalue weighted by Crippen LogP contribution is 2.29. The first-order valence-electron chi connectivity index (χ1n) is 5.34. The van der Waals surface area contributed by atoms with E-state index in [0.717, 1.165) is 5.75 Å². The fourth-order valence-electron chi connectivity index (χ4n) is 1.48. The number of nitrogens with zero attached hydrogens (tertiary/aromatic N) is 1. The van der Waals surface area contributed by atoms with E-state index in [1.165, 1.54) is 4.90 Å². The molecule has 0 heterocycles. The minimum atomic E-state index is 0.461. The monoisotopic (exact) mass is 256 g/mol. The molecule has 0 aliphatic rings. The van der Waals surface area contributed by atoms with Crippen LogP contribution in [0.1, 0.15) is 5.56 Å². The molecular weight excluding hydrogens is 244 g/mol. The molecule has 90 valence electrons. The molecule has 2 N–H and O–H groups in total. The van der Waals surface area contributed by atoms with Crippen LogP contribution >= 0.6 is 11.8 Å². The predicted octanol–water partition coefficient (Wildman–Crippen LogP) is 3.65. The molecule has 0 saturated carbocycles. The van der Waals surface area contributed by atoms with Gasteiger partial charge >= 0.3 is 0 Å². The quantitative estimate of drug-likeness (QED) is 0.672. The molecule has 3 nitrogen and oxygen atoms in total. The predicted molar refractivity (Wildman–Crippen MR) is 73.9 cm³/mol. The molecule has 0 bridgehead atoms. The van der Waals surface area contributed by atoms with Crippen molar-refractivity contribution in [2.45, 2.75) is 4.90 Å². The van der Waals surface area contributed by atoms with Gasteiger partial charge in [0.15, 0.2) is 0 Å². The van der Waals surface area contributed by atoms with Crippen molar-refractivity contribution in [3.05, 3.63) is 48.0 Å². The second-order valence-corrected chi connectivity index (χ2v) is 4.52. The summed E-state index contributed by atoms with van der Waals surface area (Å²) in [6.07, 6.45) is 2.02. The second-order valence-electron chi connectivity index (χ2n) is 3.64. The van der Waals surface area contributed by atoms with Gasteiger partial charge in [0.1, 0.15) is 11.5 Å². The van der Waals surface area contributed by atoms with Gasteiger partial charge in [-0.3, -0.25) is 0 Å². The van der Waals surface area contributed by atoms with Crippen molar-refractivity contribution in [3.63, 3.8) is 0 Å². The van der Waals surface area contributed by atoms with Gasteiger partial charge in [0.2, 0.25) is 0 Å². The molecule has 0 radical (unpaired) electrons. The van der Waals surface area contributed by atoms with E-state index in [4.69, 9.17) is 15.7 Å². The average Bonchev–Trinajstić information content (AvgIpc) is 2.42. The van der Waals surface area contributed by atoms with Crippen LogP contribution in [-0.2, 0) is 0 Å². The fourth-order valence-corrected chi connectivity index (χ4v) is 1.89. The Morgan fingerprint density at radius 2 is 1.89 bits per heavy atom. The van der Waals surface area contributed by atoms with Crippen LogP contribution in [0.5, 0.6) is 11.5 Å². The molecule has 2 aromatic carbocycles. The summed E-state index contributed by atoms with van der Waals surface area (Å²) < 4.78 is 5.66. The fraction of sp³-hybridized carbons (Fsp3) is 0.0714. The SMILES string of the molecule is CSc1ccc(Oc2ccc(C#N)cc2N)cc1. The Hall–Kier alpha value is -2.12. The molecule has 0 fully saturated rings. The molecule has 0 spiro atoms. The Labute approximate surface area is 110 Å². The van der Waals surface area contributed by atoms with Crippen molar-refractivity contribution in [2.24, 2.45) is 0 Å². The van der Waals surface area contributed by atoms with Gasteiger partial charge in [-0.1, -0.05) is 0 Å². The lowest BCUT2D eigenvalue weighted by atomic mass is 10.2. The number of rotatable bonds is 3. The third-order valence-electron chi connectivity index (χ3n) is 2.43. The van der Waals surface area contributed by atoms with Crippen LogP contribution in [0.4, 0.5) is 5.69 Å². The van der Waals surface area contributed by atoms with Crippen molar-refractivity contribution in [2.75, 3.05) is 12.0 Å². The number of nitriles is 1. The van der Waals surface area contributed by atoms with Crippen LogP contribution in [0.2, 0.25) is 0 Å². The summed E-state index contributed by atoms with van der Waals surface area (Å²) in [6, 6.07) is 14.8. The summed E-state index contributed by atoms with van der Waals surface area (Å²) in [6.45, 7) is 0. The molecule has 0 saturated heterocycles. The summed E-state index contributed by atoms with van der Waals surface area (Å²) in [4.78, 5) is 1.18. The summed E-state index contributed by atoms with van der Waals surface area (Å²) in [5.41, 5.74) is 6.81. The molecule has 0 aromatic heterocycles. The van der Waals surface area contributed by atoms with Crippen molar-refractivity contribution in [3.8, 4) is 17.6 Å². The van der Waals surface area contributed by atoms with Crippen molar-refractivity contribution in [1.82, 2.24) is 0 Å². The topological polar surface area (TPSA) is 59.0 Å². The zero-order valence-electron chi connectivity index (χ0n) is 9.88. The lowest BCUT2D eigenvalue weighted by Gasteiger charge is -2.08. The summed E-state index contributed by atoms with van der Waals surface area (Å²) in [5.74, 6) is 1.29. The lowest BCUT2D eigenvalue weighted by Crippen LogP contribution is -1.92. The molecule has 0 aliphatic carbocycles. The third kappa shape index (κ3) is 2.76. The van der Waals surface area contributed by atoms with Crippen molar-refractivity contribution >= 4 is 17.4 Å².